The third-order valence-electron chi connectivity index (χ3n) is 3.31. The summed E-state index contributed by atoms with van der Waals surface area (Å²) in [4.78, 5) is 15.9. The Morgan fingerprint density at radius 3 is 2.78 bits per heavy atom. The molecule has 0 radical (unpaired) electrons. The molecule has 0 fully saturated rings. The summed E-state index contributed by atoms with van der Waals surface area (Å²) < 4.78 is 14.7. The standard InChI is InChI=1S/C17H15FN4O/c18-14-10-13(11-19-12-14)6-7-17(23)21-16-8-9-20-22(16)15-4-2-1-3-5-15/h1-5,8-12H,6-7H2,(H,21,23). The van der Waals surface area contributed by atoms with E-state index in [-0.39, 0.29) is 12.3 Å². The second kappa shape index (κ2) is 6.83. The van der Waals surface area contributed by atoms with Crippen molar-refractivity contribution in [3.63, 3.8) is 0 Å². The molecule has 0 aliphatic heterocycles. The summed E-state index contributed by atoms with van der Waals surface area (Å²) in [5, 5.41) is 7.03. The van der Waals surface area contributed by atoms with E-state index < -0.39 is 5.82 Å². The Labute approximate surface area is 132 Å². The van der Waals surface area contributed by atoms with E-state index in [0.29, 0.717) is 17.8 Å². The zero-order valence-electron chi connectivity index (χ0n) is 12.3. The quantitative estimate of drug-likeness (QED) is 0.788. The van der Waals surface area contributed by atoms with Gasteiger partial charge < -0.3 is 5.32 Å². The molecule has 116 valence electrons. The molecular formula is C17H15FN4O. The lowest BCUT2D eigenvalue weighted by Crippen LogP contribution is -2.15. The summed E-state index contributed by atoms with van der Waals surface area (Å²) in [6, 6.07) is 12.6. The molecule has 23 heavy (non-hydrogen) atoms. The normalized spacial score (nSPS) is 10.5. The summed E-state index contributed by atoms with van der Waals surface area (Å²) in [7, 11) is 0. The third-order valence-corrected chi connectivity index (χ3v) is 3.31. The molecular weight excluding hydrogens is 295 g/mol. The first kappa shape index (κ1) is 14.9. The summed E-state index contributed by atoms with van der Waals surface area (Å²) in [6.45, 7) is 0. The van der Waals surface area contributed by atoms with Gasteiger partial charge in [-0.15, -0.1) is 0 Å². The van der Waals surface area contributed by atoms with Crippen LogP contribution in [0.4, 0.5) is 10.2 Å². The van der Waals surface area contributed by atoms with Crippen LogP contribution in [0.5, 0.6) is 0 Å². The number of anilines is 1. The average Bonchev–Trinajstić information content (AvgIpc) is 3.02. The highest BCUT2D eigenvalue weighted by Crippen LogP contribution is 2.15. The van der Waals surface area contributed by atoms with Gasteiger partial charge in [0.2, 0.25) is 5.91 Å². The molecule has 3 rings (SSSR count). The summed E-state index contributed by atoms with van der Waals surface area (Å²) in [5.41, 5.74) is 1.55. The molecule has 6 heteroatoms. The first-order chi connectivity index (χ1) is 11.2. The van der Waals surface area contributed by atoms with Crippen LogP contribution in [0.2, 0.25) is 0 Å². The van der Waals surface area contributed by atoms with Crippen LogP contribution in [-0.4, -0.2) is 20.7 Å². The van der Waals surface area contributed by atoms with Crippen molar-refractivity contribution < 1.29 is 9.18 Å². The number of amides is 1. The maximum Gasteiger partial charge on any atom is 0.225 e. The molecule has 2 aromatic heterocycles. The van der Waals surface area contributed by atoms with E-state index in [2.05, 4.69) is 15.4 Å². The van der Waals surface area contributed by atoms with Crippen LogP contribution in [0.15, 0.2) is 61.1 Å². The van der Waals surface area contributed by atoms with Crippen LogP contribution < -0.4 is 5.32 Å². The topological polar surface area (TPSA) is 59.8 Å². The molecule has 0 bridgehead atoms. The number of hydrogen-bond donors (Lipinski definition) is 1. The van der Waals surface area contributed by atoms with Crippen molar-refractivity contribution in [3.8, 4) is 5.69 Å². The fourth-order valence-corrected chi connectivity index (χ4v) is 2.23. The maximum atomic E-state index is 13.1. The number of benzene rings is 1. The first-order valence-corrected chi connectivity index (χ1v) is 7.21. The van der Waals surface area contributed by atoms with Gasteiger partial charge in [0.05, 0.1) is 18.1 Å². The number of rotatable bonds is 5. The van der Waals surface area contributed by atoms with Crippen LogP contribution in [-0.2, 0) is 11.2 Å². The van der Waals surface area contributed by atoms with Gasteiger partial charge in [-0.1, -0.05) is 18.2 Å². The van der Waals surface area contributed by atoms with Gasteiger partial charge in [0, 0.05) is 18.7 Å². The second-order valence-electron chi connectivity index (χ2n) is 5.02. The number of para-hydroxylation sites is 1. The van der Waals surface area contributed by atoms with Crippen LogP contribution in [0, 0.1) is 5.82 Å². The van der Waals surface area contributed by atoms with Crippen molar-refractivity contribution in [2.24, 2.45) is 0 Å². The zero-order chi connectivity index (χ0) is 16.1. The molecule has 0 spiro atoms. The summed E-state index contributed by atoms with van der Waals surface area (Å²) in [6.07, 6.45) is 4.99. The molecule has 2 heterocycles. The Bertz CT molecular complexity index is 801. The fraction of sp³-hybridized carbons (Fsp3) is 0.118. The highest BCUT2D eigenvalue weighted by Gasteiger charge is 2.09. The summed E-state index contributed by atoms with van der Waals surface area (Å²) in [5.74, 6) is 0.0376. The lowest BCUT2D eigenvalue weighted by molar-refractivity contribution is -0.116. The Morgan fingerprint density at radius 1 is 1.17 bits per heavy atom. The van der Waals surface area contributed by atoms with Gasteiger partial charge in [0.15, 0.2) is 0 Å². The third kappa shape index (κ3) is 3.79. The minimum absolute atomic E-state index is 0.160. The molecule has 0 aliphatic rings. The van der Waals surface area contributed by atoms with E-state index in [1.54, 1.807) is 23.1 Å². The maximum absolute atomic E-state index is 13.1. The molecule has 0 atom stereocenters. The van der Waals surface area contributed by atoms with Crippen LogP contribution in [0.25, 0.3) is 5.69 Å². The molecule has 0 aliphatic carbocycles. The number of aryl methyl sites for hydroxylation is 1. The van der Waals surface area contributed by atoms with Crippen molar-refractivity contribution in [1.29, 1.82) is 0 Å². The lowest BCUT2D eigenvalue weighted by atomic mass is 10.1. The fourth-order valence-electron chi connectivity index (χ4n) is 2.23. The van der Waals surface area contributed by atoms with Gasteiger partial charge in [-0.3, -0.25) is 9.78 Å². The van der Waals surface area contributed by atoms with Gasteiger partial charge in [0.25, 0.3) is 0 Å². The van der Waals surface area contributed by atoms with E-state index in [4.69, 9.17) is 0 Å². The minimum atomic E-state index is -0.398. The van der Waals surface area contributed by atoms with E-state index >= 15 is 0 Å². The largest absolute Gasteiger partial charge is 0.311 e. The van der Waals surface area contributed by atoms with Gasteiger partial charge in [-0.2, -0.15) is 5.10 Å². The number of pyridine rings is 1. The molecule has 3 aromatic rings. The Hall–Kier alpha value is -3.02. The Kier molecular flexibility index (Phi) is 4.42. The molecule has 0 saturated heterocycles. The molecule has 5 nitrogen and oxygen atoms in total. The van der Waals surface area contributed by atoms with E-state index in [9.17, 15) is 9.18 Å². The second-order valence-corrected chi connectivity index (χ2v) is 5.02. The van der Waals surface area contributed by atoms with Crippen molar-refractivity contribution in [3.05, 3.63) is 72.4 Å². The molecule has 1 aromatic carbocycles. The number of hydrogen-bond acceptors (Lipinski definition) is 3. The van der Waals surface area contributed by atoms with Crippen LogP contribution in [0.1, 0.15) is 12.0 Å². The summed E-state index contributed by atoms with van der Waals surface area (Å²) >= 11 is 0. The Morgan fingerprint density at radius 2 is 2.00 bits per heavy atom. The van der Waals surface area contributed by atoms with Gasteiger partial charge >= 0.3 is 0 Å². The van der Waals surface area contributed by atoms with E-state index in [1.807, 2.05) is 30.3 Å². The predicted molar refractivity (Wildman–Crippen MR) is 84.7 cm³/mol. The monoisotopic (exact) mass is 310 g/mol. The van der Waals surface area contributed by atoms with Gasteiger partial charge in [-0.05, 0) is 30.2 Å². The average molecular weight is 310 g/mol. The van der Waals surface area contributed by atoms with Crippen LogP contribution in [0.3, 0.4) is 0 Å². The van der Waals surface area contributed by atoms with Gasteiger partial charge in [0.1, 0.15) is 11.6 Å². The van der Waals surface area contributed by atoms with Crippen molar-refractivity contribution in [1.82, 2.24) is 14.8 Å². The number of aromatic nitrogens is 3. The minimum Gasteiger partial charge on any atom is -0.311 e. The smallest absolute Gasteiger partial charge is 0.225 e. The Balaban J connectivity index is 1.64. The predicted octanol–water partition coefficient (Wildman–Crippen LogP) is 2.98. The molecule has 0 saturated carbocycles. The van der Waals surface area contributed by atoms with E-state index in [1.165, 1.54) is 6.07 Å². The molecule has 0 unspecified atom stereocenters. The van der Waals surface area contributed by atoms with Crippen molar-refractivity contribution in [2.75, 3.05) is 5.32 Å². The molecule has 1 N–H and O–H groups in total. The SMILES string of the molecule is O=C(CCc1cncc(F)c1)Nc1ccnn1-c1ccccc1. The number of nitrogens with one attached hydrogen (secondary N) is 1. The number of carbonyl (C=O) groups is 1. The number of nitrogens with zero attached hydrogens (tertiary/aromatic N) is 3. The van der Waals surface area contributed by atoms with Gasteiger partial charge in [-0.25, -0.2) is 9.07 Å². The highest BCUT2D eigenvalue weighted by atomic mass is 19.1. The van der Waals surface area contributed by atoms with Crippen LogP contribution >= 0.6 is 0 Å². The number of carbonyl (C=O) groups excluding carboxylic acids is 1. The number of halogens is 1. The lowest BCUT2D eigenvalue weighted by Gasteiger charge is -2.09. The zero-order valence-corrected chi connectivity index (χ0v) is 12.3. The van der Waals surface area contributed by atoms with Crippen molar-refractivity contribution in [2.45, 2.75) is 12.8 Å². The van der Waals surface area contributed by atoms with Crippen molar-refractivity contribution >= 4 is 11.7 Å². The first-order valence-electron chi connectivity index (χ1n) is 7.21. The van der Waals surface area contributed by atoms with E-state index in [0.717, 1.165) is 11.9 Å². The highest BCUT2D eigenvalue weighted by molar-refractivity contribution is 5.90. The molecule has 1 amide bonds.